The highest BCUT2D eigenvalue weighted by Gasteiger charge is 2.22. The van der Waals surface area contributed by atoms with Crippen LogP contribution in [0.25, 0.3) is 0 Å². The lowest BCUT2D eigenvalue weighted by atomic mass is 10.1. The molecule has 0 aliphatic carbocycles. The van der Waals surface area contributed by atoms with E-state index in [4.69, 9.17) is 0 Å². The van der Waals surface area contributed by atoms with Crippen LogP contribution in [0.5, 0.6) is 0 Å². The van der Waals surface area contributed by atoms with Crippen LogP contribution in [-0.2, 0) is 0 Å². The molecule has 1 unspecified atom stereocenters. The van der Waals surface area contributed by atoms with E-state index in [1.54, 1.807) is 0 Å². The van der Waals surface area contributed by atoms with E-state index < -0.39 is 6.03 Å². The number of nitrogens with zero attached hydrogens (tertiary/aromatic N) is 3. The van der Waals surface area contributed by atoms with Gasteiger partial charge in [-0.05, 0) is 50.5 Å². The Labute approximate surface area is 137 Å². The molecule has 0 spiro atoms. The predicted octanol–water partition coefficient (Wildman–Crippen LogP) is 3.70. The predicted molar refractivity (Wildman–Crippen MR) is 89.6 cm³/mol. The van der Waals surface area contributed by atoms with Gasteiger partial charge in [0, 0.05) is 18.3 Å². The van der Waals surface area contributed by atoms with Crippen LogP contribution in [0.4, 0.5) is 25.1 Å². The number of halogens is 1. The Morgan fingerprint density at radius 3 is 2.78 bits per heavy atom. The molecule has 1 saturated heterocycles. The third kappa shape index (κ3) is 3.95. The maximum Gasteiger partial charge on any atom is 0.325 e. The van der Waals surface area contributed by atoms with Crippen molar-refractivity contribution in [2.75, 3.05) is 22.1 Å². The Morgan fingerprint density at radius 1 is 1.26 bits per heavy atom. The molecule has 1 aromatic heterocycles. The summed E-state index contributed by atoms with van der Waals surface area (Å²) >= 11 is 1.36. The highest BCUT2D eigenvalue weighted by molar-refractivity contribution is 7.19. The van der Waals surface area contributed by atoms with Gasteiger partial charge in [-0.2, -0.15) is 0 Å². The summed E-state index contributed by atoms with van der Waals surface area (Å²) in [6.45, 7) is 3.15. The molecular formula is C15H18FN5OS. The van der Waals surface area contributed by atoms with Crippen molar-refractivity contribution in [2.45, 2.75) is 32.2 Å². The van der Waals surface area contributed by atoms with Crippen LogP contribution in [0.2, 0.25) is 0 Å². The quantitative estimate of drug-likeness (QED) is 0.897. The normalized spacial score (nSPS) is 17.8. The third-order valence-electron chi connectivity index (χ3n) is 3.79. The first-order chi connectivity index (χ1) is 11.1. The molecule has 2 aromatic rings. The van der Waals surface area contributed by atoms with Crippen molar-refractivity contribution in [1.82, 2.24) is 10.2 Å². The average Bonchev–Trinajstić information content (AvgIpc) is 2.98. The minimum Gasteiger partial charge on any atom is -0.344 e. The zero-order chi connectivity index (χ0) is 16.2. The Kier molecular flexibility index (Phi) is 4.71. The van der Waals surface area contributed by atoms with Crippen LogP contribution in [0.3, 0.4) is 0 Å². The van der Waals surface area contributed by atoms with Crippen molar-refractivity contribution < 1.29 is 9.18 Å². The zero-order valence-electron chi connectivity index (χ0n) is 12.8. The average molecular weight is 335 g/mol. The molecule has 2 N–H and O–H groups in total. The van der Waals surface area contributed by atoms with Crippen LogP contribution < -0.4 is 15.5 Å². The largest absolute Gasteiger partial charge is 0.344 e. The highest BCUT2D eigenvalue weighted by atomic mass is 32.1. The van der Waals surface area contributed by atoms with E-state index >= 15 is 0 Å². The van der Waals surface area contributed by atoms with Crippen molar-refractivity contribution in [2.24, 2.45) is 0 Å². The van der Waals surface area contributed by atoms with Gasteiger partial charge >= 0.3 is 6.03 Å². The van der Waals surface area contributed by atoms with E-state index in [0.29, 0.717) is 16.9 Å². The molecule has 122 valence electrons. The van der Waals surface area contributed by atoms with Gasteiger partial charge in [0.15, 0.2) is 0 Å². The summed E-state index contributed by atoms with van der Waals surface area (Å²) in [6.07, 6.45) is 3.53. The number of urea groups is 1. The van der Waals surface area contributed by atoms with Crippen LogP contribution in [0.1, 0.15) is 26.2 Å². The number of carbonyl (C=O) groups is 1. The number of carbonyl (C=O) groups excluding carboxylic acids is 1. The lowest BCUT2D eigenvalue weighted by molar-refractivity contribution is 0.262. The van der Waals surface area contributed by atoms with Crippen molar-refractivity contribution in [1.29, 1.82) is 0 Å². The molecule has 0 bridgehead atoms. The molecule has 1 fully saturated rings. The number of piperidine rings is 1. The third-order valence-corrected chi connectivity index (χ3v) is 4.66. The molecule has 1 atom stereocenters. The molecule has 23 heavy (non-hydrogen) atoms. The summed E-state index contributed by atoms with van der Waals surface area (Å²) in [5.74, 6) is -0.347. The fourth-order valence-electron chi connectivity index (χ4n) is 2.56. The Balaban J connectivity index is 1.60. The smallest absolute Gasteiger partial charge is 0.325 e. The summed E-state index contributed by atoms with van der Waals surface area (Å²) in [6, 6.07) is 5.59. The number of hydrogen-bond acceptors (Lipinski definition) is 5. The van der Waals surface area contributed by atoms with Crippen LogP contribution in [-0.4, -0.2) is 28.8 Å². The fraction of sp³-hybridized carbons (Fsp3) is 0.400. The van der Waals surface area contributed by atoms with Gasteiger partial charge in [0.25, 0.3) is 0 Å². The van der Waals surface area contributed by atoms with Crippen molar-refractivity contribution in [3.63, 3.8) is 0 Å². The molecule has 2 heterocycles. The van der Waals surface area contributed by atoms with Gasteiger partial charge in [-0.3, -0.25) is 5.32 Å². The number of benzene rings is 1. The Bertz CT molecular complexity index is 675. The van der Waals surface area contributed by atoms with Crippen molar-refractivity contribution in [3.05, 3.63) is 30.1 Å². The maximum atomic E-state index is 12.8. The van der Waals surface area contributed by atoms with Gasteiger partial charge in [0.05, 0.1) is 0 Å². The number of amides is 2. The second-order valence-corrected chi connectivity index (χ2v) is 6.47. The summed E-state index contributed by atoms with van der Waals surface area (Å²) < 4.78 is 12.8. The SMILES string of the molecule is CC1CCCCN1c1nnc(NC(=O)Nc2ccc(F)cc2)s1. The summed E-state index contributed by atoms with van der Waals surface area (Å²) in [4.78, 5) is 14.2. The molecular weight excluding hydrogens is 317 g/mol. The van der Waals surface area contributed by atoms with Crippen molar-refractivity contribution >= 4 is 33.3 Å². The van der Waals surface area contributed by atoms with E-state index in [-0.39, 0.29) is 5.82 Å². The Morgan fingerprint density at radius 2 is 2.04 bits per heavy atom. The second-order valence-electron chi connectivity index (χ2n) is 5.51. The summed E-state index contributed by atoms with van der Waals surface area (Å²) in [5, 5.41) is 14.7. The first-order valence-corrected chi connectivity index (χ1v) is 8.37. The first-order valence-electron chi connectivity index (χ1n) is 7.55. The Hall–Kier alpha value is -2.22. The van der Waals surface area contributed by atoms with Gasteiger partial charge in [0.2, 0.25) is 10.3 Å². The van der Waals surface area contributed by atoms with E-state index in [0.717, 1.165) is 24.5 Å². The summed E-state index contributed by atoms with van der Waals surface area (Å²) in [5.41, 5.74) is 0.512. The second kappa shape index (κ2) is 6.91. The monoisotopic (exact) mass is 335 g/mol. The molecule has 0 saturated carbocycles. The number of nitrogens with one attached hydrogen (secondary N) is 2. The highest BCUT2D eigenvalue weighted by Crippen LogP contribution is 2.29. The van der Waals surface area contributed by atoms with Crippen LogP contribution in [0.15, 0.2) is 24.3 Å². The van der Waals surface area contributed by atoms with Gasteiger partial charge in [0.1, 0.15) is 5.82 Å². The molecule has 1 aromatic carbocycles. The van der Waals surface area contributed by atoms with Gasteiger partial charge < -0.3 is 10.2 Å². The van der Waals surface area contributed by atoms with E-state index in [1.807, 2.05) is 0 Å². The molecule has 1 aliphatic heterocycles. The molecule has 8 heteroatoms. The van der Waals surface area contributed by atoms with E-state index in [9.17, 15) is 9.18 Å². The number of anilines is 3. The molecule has 1 aliphatic rings. The standard InChI is InChI=1S/C15H18FN5OS/c1-10-4-2-3-9-21(10)15-20-19-14(23-15)18-13(22)17-12-7-5-11(16)6-8-12/h5-8,10H,2-4,9H2,1H3,(H2,17,18,19,22). The van der Waals surface area contributed by atoms with E-state index in [1.165, 1.54) is 42.0 Å². The number of rotatable bonds is 3. The molecule has 0 radical (unpaired) electrons. The van der Waals surface area contributed by atoms with Crippen LogP contribution >= 0.6 is 11.3 Å². The zero-order valence-corrected chi connectivity index (χ0v) is 13.6. The minimum absolute atomic E-state index is 0.347. The van der Waals surface area contributed by atoms with Crippen molar-refractivity contribution in [3.8, 4) is 0 Å². The molecule has 3 rings (SSSR count). The number of hydrogen-bond donors (Lipinski definition) is 2. The topological polar surface area (TPSA) is 70.2 Å². The molecule has 2 amide bonds. The van der Waals surface area contributed by atoms with Gasteiger partial charge in [-0.25, -0.2) is 9.18 Å². The minimum atomic E-state index is -0.425. The van der Waals surface area contributed by atoms with Crippen LogP contribution in [0, 0.1) is 5.82 Å². The van der Waals surface area contributed by atoms with E-state index in [2.05, 4.69) is 32.7 Å². The van der Waals surface area contributed by atoms with Gasteiger partial charge in [-0.1, -0.05) is 11.3 Å². The number of aromatic nitrogens is 2. The molecule has 6 nitrogen and oxygen atoms in total. The first kappa shape index (κ1) is 15.7. The van der Waals surface area contributed by atoms with Gasteiger partial charge in [-0.15, -0.1) is 10.2 Å². The lowest BCUT2D eigenvalue weighted by Crippen LogP contribution is -2.37. The lowest BCUT2D eigenvalue weighted by Gasteiger charge is -2.32. The summed E-state index contributed by atoms with van der Waals surface area (Å²) in [7, 11) is 0. The fourth-order valence-corrected chi connectivity index (χ4v) is 3.43. The maximum absolute atomic E-state index is 12.8.